The van der Waals surface area contributed by atoms with Gasteiger partial charge >= 0.3 is 0 Å². The Hall–Kier alpha value is -3.47. The molecule has 1 aromatic carbocycles. The fourth-order valence-electron chi connectivity index (χ4n) is 3.46. The van der Waals surface area contributed by atoms with E-state index in [0.29, 0.717) is 11.3 Å². The highest BCUT2D eigenvalue weighted by molar-refractivity contribution is 6.32. The van der Waals surface area contributed by atoms with Crippen molar-refractivity contribution in [2.24, 2.45) is 5.92 Å². The van der Waals surface area contributed by atoms with Crippen LogP contribution >= 0.6 is 11.6 Å². The van der Waals surface area contributed by atoms with Gasteiger partial charge in [0.15, 0.2) is 5.76 Å². The molecule has 1 fully saturated rings. The van der Waals surface area contributed by atoms with Crippen LogP contribution in [-0.2, 0) is 9.59 Å². The van der Waals surface area contributed by atoms with Crippen molar-refractivity contribution in [3.8, 4) is 11.3 Å². The normalized spacial score (nSPS) is 20.5. The number of alkyl halides is 4. The van der Waals surface area contributed by atoms with E-state index in [-0.39, 0.29) is 11.3 Å². The molecule has 2 heterocycles. The van der Waals surface area contributed by atoms with Crippen molar-refractivity contribution in [3.63, 3.8) is 0 Å². The molecule has 0 spiro atoms. The van der Waals surface area contributed by atoms with Crippen LogP contribution in [0.1, 0.15) is 18.5 Å². The Labute approximate surface area is 190 Å². The summed E-state index contributed by atoms with van der Waals surface area (Å²) < 4.78 is 46.7. The van der Waals surface area contributed by atoms with E-state index in [2.05, 4.69) is 20.4 Å². The fourth-order valence-corrected chi connectivity index (χ4v) is 3.57. The average molecular weight is 480 g/mol. The number of hydrogen-bond acceptors (Lipinski definition) is 6. The van der Waals surface area contributed by atoms with Gasteiger partial charge in [0.05, 0.1) is 6.20 Å². The standard InChI is InChI=1S/C21H17ClF3N5O3/c1-11-17(21(11,24)25)29-19(31)16(13-8-26-10-27-9-13)30(20(32)18(22)23)14-4-2-12(3-5-14)15-6-7-28-33-15/h2-11,16-18H,1H3,(H,29,31). The van der Waals surface area contributed by atoms with Crippen LogP contribution in [0.25, 0.3) is 11.3 Å². The van der Waals surface area contributed by atoms with E-state index in [1.54, 1.807) is 18.2 Å². The van der Waals surface area contributed by atoms with E-state index in [4.69, 9.17) is 16.1 Å². The molecule has 172 valence electrons. The van der Waals surface area contributed by atoms with Crippen molar-refractivity contribution in [2.45, 2.75) is 30.6 Å². The molecule has 1 saturated carbocycles. The highest BCUT2D eigenvalue weighted by Crippen LogP contribution is 2.48. The van der Waals surface area contributed by atoms with Gasteiger partial charge in [-0.2, -0.15) is 0 Å². The number of aromatic nitrogens is 3. The summed E-state index contributed by atoms with van der Waals surface area (Å²) in [6, 6.07) is 4.63. The van der Waals surface area contributed by atoms with Crippen molar-refractivity contribution < 1.29 is 27.3 Å². The first-order chi connectivity index (χ1) is 15.7. The summed E-state index contributed by atoms with van der Waals surface area (Å²) in [5, 5.41) is 5.86. The molecule has 2 aromatic heterocycles. The molecule has 33 heavy (non-hydrogen) atoms. The summed E-state index contributed by atoms with van der Waals surface area (Å²) in [5.74, 6) is -5.94. The Morgan fingerprint density at radius 2 is 1.82 bits per heavy atom. The van der Waals surface area contributed by atoms with Crippen LogP contribution in [0.3, 0.4) is 0 Å². The molecule has 1 aliphatic rings. The van der Waals surface area contributed by atoms with Crippen molar-refractivity contribution >= 4 is 29.1 Å². The molecule has 1 aliphatic carbocycles. The first-order valence-corrected chi connectivity index (χ1v) is 10.2. The molecule has 8 nitrogen and oxygen atoms in total. The minimum atomic E-state index is -3.09. The molecule has 4 rings (SSSR count). The van der Waals surface area contributed by atoms with Crippen LogP contribution in [0.5, 0.6) is 0 Å². The van der Waals surface area contributed by atoms with E-state index < -0.39 is 41.4 Å². The zero-order chi connectivity index (χ0) is 23.8. The van der Waals surface area contributed by atoms with Gasteiger partial charge in [0.2, 0.25) is 5.91 Å². The summed E-state index contributed by atoms with van der Waals surface area (Å²) in [4.78, 5) is 34.4. The second kappa shape index (κ2) is 8.81. The molecule has 12 heteroatoms. The number of carbonyl (C=O) groups is 2. The Morgan fingerprint density at radius 3 is 2.33 bits per heavy atom. The molecule has 3 aromatic rings. The molecule has 0 saturated heterocycles. The quantitative estimate of drug-likeness (QED) is 0.520. The van der Waals surface area contributed by atoms with E-state index in [9.17, 15) is 22.8 Å². The highest BCUT2D eigenvalue weighted by Gasteiger charge is 2.66. The monoisotopic (exact) mass is 479 g/mol. The number of benzene rings is 1. The lowest BCUT2D eigenvalue weighted by Crippen LogP contribution is -2.47. The summed E-state index contributed by atoms with van der Waals surface area (Å²) in [6.07, 6.45) is 5.10. The highest BCUT2D eigenvalue weighted by atomic mass is 35.5. The van der Waals surface area contributed by atoms with Gasteiger partial charge in [-0.3, -0.25) is 14.5 Å². The summed E-state index contributed by atoms with van der Waals surface area (Å²) in [7, 11) is 0. The molecule has 0 radical (unpaired) electrons. The van der Waals surface area contributed by atoms with Gasteiger partial charge < -0.3 is 9.84 Å². The maximum Gasteiger partial charge on any atom is 0.278 e. The maximum atomic E-state index is 14.0. The SMILES string of the molecule is CC1C(NC(=O)C(c2cncnc2)N(C(=O)C(F)Cl)c2ccc(-c3ccno3)cc2)C1(F)F. The molecular weight excluding hydrogens is 463 g/mol. The van der Waals surface area contributed by atoms with Crippen molar-refractivity contribution in [1.82, 2.24) is 20.4 Å². The predicted molar refractivity (Wildman–Crippen MR) is 111 cm³/mol. The Kier molecular flexibility index (Phi) is 6.07. The van der Waals surface area contributed by atoms with Gasteiger partial charge in [-0.05, 0) is 24.3 Å². The van der Waals surface area contributed by atoms with Crippen LogP contribution < -0.4 is 10.2 Å². The van der Waals surface area contributed by atoms with Crippen LogP contribution in [0.4, 0.5) is 18.9 Å². The smallest absolute Gasteiger partial charge is 0.278 e. The van der Waals surface area contributed by atoms with E-state index in [1.165, 1.54) is 44.0 Å². The summed E-state index contributed by atoms with van der Waals surface area (Å²) >= 11 is 5.44. The number of carbonyl (C=O) groups excluding carboxylic acids is 2. The third kappa shape index (κ3) is 4.40. The van der Waals surface area contributed by atoms with Crippen LogP contribution in [-0.4, -0.2) is 44.5 Å². The van der Waals surface area contributed by atoms with Crippen molar-refractivity contribution in [2.75, 3.05) is 4.90 Å². The molecule has 4 unspecified atom stereocenters. The maximum absolute atomic E-state index is 14.0. The number of amides is 2. The Bertz CT molecular complexity index is 1130. The van der Waals surface area contributed by atoms with Gasteiger partial charge in [-0.25, -0.2) is 23.1 Å². The van der Waals surface area contributed by atoms with Gasteiger partial charge in [0, 0.05) is 41.2 Å². The Morgan fingerprint density at radius 1 is 1.18 bits per heavy atom. The zero-order valence-electron chi connectivity index (χ0n) is 17.0. The number of anilines is 1. The Balaban J connectivity index is 1.74. The lowest BCUT2D eigenvalue weighted by atomic mass is 10.1. The molecule has 4 atom stereocenters. The number of halogens is 4. The van der Waals surface area contributed by atoms with E-state index >= 15 is 0 Å². The van der Waals surface area contributed by atoms with Crippen LogP contribution in [0.2, 0.25) is 0 Å². The van der Waals surface area contributed by atoms with Crippen molar-refractivity contribution in [1.29, 1.82) is 0 Å². The van der Waals surface area contributed by atoms with E-state index in [1.807, 2.05) is 0 Å². The lowest BCUT2D eigenvalue weighted by Gasteiger charge is -2.31. The summed E-state index contributed by atoms with van der Waals surface area (Å²) in [6.45, 7) is 1.28. The molecule has 1 N–H and O–H groups in total. The van der Waals surface area contributed by atoms with E-state index in [0.717, 1.165) is 4.90 Å². The first-order valence-electron chi connectivity index (χ1n) is 9.77. The third-order valence-electron chi connectivity index (χ3n) is 5.41. The fraction of sp³-hybridized carbons (Fsp3) is 0.286. The average Bonchev–Trinajstić information content (AvgIpc) is 3.19. The van der Waals surface area contributed by atoms with Crippen molar-refractivity contribution in [3.05, 3.63) is 60.8 Å². The number of nitrogens with one attached hydrogen (secondary N) is 1. The van der Waals surface area contributed by atoms with Gasteiger partial charge in [0.1, 0.15) is 18.4 Å². The summed E-state index contributed by atoms with van der Waals surface area (Å²) in [5.41, 5.74) is -1.73. The largest absolute Gasteiger partial charge is 0.356 e. The van der Waals surface area contributed by atoms with Gasteiger partial charge in [0.25, 0.3) is 17.5 Å². The predicted octanol–water partition coefficient (Wildman–Crippen LogP) is 3.51. The number of hydrogen-bond donors (Lipinski definition) is 1. The molecule has 0 aliphatic heterocycles. The first kappa shape index (κ1) is 22.7. The molecule has 0 bridgehead atoms. The lowest BCUT2D eigenvalue weighted by molar-refractivity contribution is -0.128. The minimum absolute atomic E-state index is 0.0802. The topological polar surface area (TPSA) is 101 Å². The third-order valence-corrected chi connectivity index (χ3v) is 5.59. The second-order valence-electron chi connectivity index (χ2n) is 7.46. The molecular formula is C21H17ClF3N5O3. The van der Waals surface area contributed by atoms with Gasteiger partial charge in [-0.1, -0.05) is 23.7 Å². The zero-order valence-corrected chi connectivity index (χ0v) is 17.8. The second-order valence-corrected chi connectivity index (χ2v) is 7.84. The number of nitrogens with zero attached hydrogens (tertiary/aromatic N) is 4. The van der Waals surface area contributed by atoms with Crippen LogP contribution in [0.15, 0.2) is 59.8 Å². The minimum Gasteiger partial charge on any atom is -0.356 e. The molecule has 2 amide bonds. The number of rotatable bonds is 7. The van der Waals surface area contributed by atoms with Crippen LogP contribution in [0, 0.1) is 5.92 Å². The van der Waals surface area contributed by atoms with Gasteiger partial charge in [-0.15, -0.1) is 0 Å².